The Labute approximate surface area is 164 Å². The summed E-state index contributed by atoms with van der Waals surface area (Å²) in [5, 5.41) is 19.6. The van der Waals surface area contributed by atoms with Gasteiger partial charge in [-0.15, -0.1) is 0 Å². The second-order valence-corrected chi connectivity index (χ2v) is 10.8. The zero-order chi connectivity index (χ0) is 19.4. The summed E-state index contributed by atoms with van der Waals surface area (Å²) in [6.07, 6.45) is 14.5. The first-order chi connectivity index (χ1) is 12.8. The molecule has 0 aromatic carbocycles. The summed E-state index contributed by atoms with van der Waals surface area (Å²) in [7, 11) is 0. The molecule has 152 valence electrons. The molecule has 3 saturated carbocycles. The van der Waals surface area contributed by atoms with E-state index in [0.29, 0.717) is 11.3 Å². The number of aliphatic hydroxyl groups is 1. The molecule has 0 spiro atoms. The Kier molecular flexibility index (Phi) is 4.98. The molecule has 0 amide bonds. The molecule has 4 rings (SSSR count). The lowest BCUT2D eigenvalue weighted by Crippen LogP contribution is -2.52. The van der Waals surface area contributed by atoms with E-state index < -0.39 is 12.1 Å². The van der Waals surface area contributed by atoms with Crippen LogP contribution in [0.4, 0.5) is 0 Å². The lowest BCUT2D eigenvalue weighted by molar-refractivity contribution is -0.141. The molecule has 4 aliphatic carbocycles. The Morgan fingerprint density at radius 1 is 1.07 bits per heavy atom. The van der Waals surface area contributed by atoms with E-state index in [9.17, 15) is 9.90 Å². The van der Waals surface area contributed by atoms with Crippen molar-refractivity contribution in [3.63, 3.8) is 0 Å². The van der Waals surface area contributed by atoms with Crippen LogP contribution in [0.5, 0.6) is 0 Å². The summed E-state index contributed by atoms with van der Waals surface area (Å²) >= 11 is 0. The van der Waals surface area contributed by atoms with Crippen molar-refractivity contribution in [2.45, 2.75) is 84.7 Å². The van der Waals surface area contributed by atoms with Gasteiger partial charge in [0.15, 0.2) is 0 Å². The standard InChI is InChI=1S/C24H38O3/c1-15(21(25)14-22(26)27)18-9-10-19-17-8-7-16-6-4-5-12-23(16,2)20(17)11-13-24(18,19)3/h4,6,15-21,25H,5,7-14H2,1-3H3,(H,26,27)/t15-,16?,17-,18+,19-,20-,21?,23-,24+/m0/s1. The molecule has 0 saturated heterocycles. The van der Waals surface area contributed by atoms with E-state index in [1.807, 2.05) is 0 Å². The highest BCUT2D eigenvalue weighted by Gasteiger charge is 2.60. The number of hydrogen-bond acceptors (Lipinski definition) is 2. The molecule has 0 aromatic rings. The summed E-state index contributed by atoms with van der Waals surface area (Å²) in [6, 6.07) is 0. The highest BCUT2D eigenvalue weighted by atomic mass is 16.4. The van der Waals surface area contributed by atoms with Crippen LogP contribution in [-0.2, 0) is 4.79 Å². The van der Waals surface area contributed by atoms with Crippen LogP contribution in [0.25, 0.3) is 0 Å². The minimum Gasteiger partial charge on any atom is -0.481 e. The second-order valence-electron chi connectivity index (χ2n) is 10.8. The van der Waals surface area contributed by atoms with Gasteiger partial charge >= 0.3 is 5.97 Å². The van der Waals surface area contributed by atoms with Gasteiger partial charge in [-0.25, -0.2) is 0 Å². The van der Waals surface area contributed by atoms with Gasteiger partial charge in [0.1, 0.15) is 0 Å². The zero-order valence-electron chi connectivity index (χ0n) is 17.4. The van der Waals surface area contributed by atoms with Gasteiger partial charge in [-0.2, -0.15) is 0 Å². The maximum atomic E-state index is 11.1. The summed E-state index contributed by atoms with van der Waals surface area (Å²) in [5.74, 6) is 2.92. The van der Waals surface area contributed by atoms with Crippen molar-refractivity contribution in [3.05, 3.63) is 12.2 Å². The van der Waals surface area contributed by atoms with E-state index in [-0.39, 0.29) is 17.8 Å². The van der Waals surface area contributed by atoms with Gasteiger partial charge in [-0.05, 0) is 97.7 Å². The molecule has 0 aliphatic heterocycles. The first-order valence-corrected chi connectivity index (χ1v) is 11.3. The van der Waals surface area contributed by atoms with Crippen molar-refractivity contribution >= 4 is 5.97 Å². The average molecular weight is 375 g/mol. The number of aliphatic carboxylic acids is 1. The van der Waals surface area contributed by atoms with Gasteiger partial charge < -0.3 is 10.2 Å². The number of allylic oxidation sites excluding steroid dienone is 2. The molecule has 3 nitrogen and oxygen atoms in total. The van der Waals surface area contributed by atoms with Crippen LogP contribution in [0, 0.1) is 46.3 Å². The third-order valence-corrected chi connectivity index (χ3v) is 9.86. The van der Waals surface area contributed by atoms with Gasteiger partial charge in [-0.1, -0.05) is 32.9 Å². The number of hydrogen-bond donors (Lipinski definition) is 2. The van der Waals surface area contributed by atoms with E-state index in [0.717, 1.165) is 23.7 Å². The van der Waals surface area contributed by atoms with E-state index in [1.165, 1.54) is 51.4 Å². The van der Waals surface area contributed by atoms with Crippen molar-refractivity contribution in [3.8, 4) is 0 Å². The molecule has 0 aromatic heterocycles. The van der Waals surface area contributed by atoms with Crippen molar-refractivity contribution < 1.29 is 15.0 Å². The normalized spacial score (nSPS) is 48.2. The van der Waals surface area contributed by atoms with E-state index in [4.69, 9.17) is 5.11 Å². The van der Waals surface area contributed by atoms with Gasteiger partial charge in [0.25, 0.3) is 0 Å². The summed E-state index contributed by atoms with van der Waals surface area (Å²) < 4.78 is 0. The predicted octanol–water partition coefficient (Wildman–Crippen LogP) is 5.28. The summed E-state index contributed by atoms with van der Waals surface area (Å²) in [4.78, 5) is 11.1. The van der Waals surface area contributed by atoms with Crippen molar-refractivity contribution in [2.75, 3.05) is 0 Å². The molecule has 2 N–H and O–H groups in total. The molecule has 2 unspecified atom stereocenters. The fourth-order valence-electron chi connectivity index (χ4n) is 8.36. The highest BCUT2D eigenvalue weighted by molar-refractivity contribution is 5.67. The first kappa shape index (κ1) is 19.5. The Hall–Kier alpha value is -0.830. The van der Waals surface area contributed by atoms with Crippen molar-refractivity contribution in [2.24, 2.45) is 46.3 Å². The SMILES string of the molecule is C[C@H](C(O)CC(=O)O)[C@H]1CC[C@H]2[C@@H]3CCC4C=CCC[C@]4(C)[C@H]3CC[C@]12C. The van der Waals surface area contributed by atoms with E-state index in [2.05, 4.69) is 32.9 Å². The lowest BCUT2D eigenvalue weighted by atomic mass is 9.45. The Morgan fingerprint density at radius 3 is 2.56 bits per heavy atom. The minimum atomic E-state index is -0.880. The third kappa shape index (κ3) is 2.99. The molecule has 0 bridgehead atoms. The maximum absolute atomic E-state index is 11.1. The number of carboxylic acids is 1. The summed E-state index contributed by atoms with van der Waals surface area (Å²) in [6.45, 7) is 7.15. The first-order valence-electron chi connectivity index (χ1n) is 11.3. The van der Waals surface area contributed by atoms with E-state index in [1.54, 1.807) is 0 Å². The Bertz CT molecular complexity index is 613. The monoisotopic (exact) mass is 374 g/mol. The van der Waals surface area contributed by atoms with Crippen LogP contribution in [0.2, 0.25) is 0 Å². The molecule has 3 heteroatoms. The van der Waals surface area contributed by atoms with Crippen LogP contribution in [-0.4, -0.2) is 22.3 Å². The third-order valence-electron chi connectivity index (χ3n) is 9.86. The molecule has 3 fully saturated rings. The fraction of sp³-hybridized carbons (Fsp3) is 0.875. The molecule has 4 aliphatic rings. The molecule has 0 heterocycles. The molecule has 0 radical (unpaired) electrons. The fourth-order valence-corrected chi connectivity index (χ4v) is 8.36. The largest absolute Gasteiger partial charge is 0.481 e. The number of rotatable bonds is 4. The summed E-state index contributed by atoms with van der Waals surface area (Å²) in [5.41, 5.74) is 0.777. The van der Waals surface area contributed by atoms with Gasteiger partial charge in [0, 0.05) is 0 Å². The quantitative estimate of drug-likeness (QED) is 0.658. The average Bonchev–Trinajstić information content (AvgIpc) is 2.97. The molecule has 9 atom stereocenters. The van der Waals surface area contributed by atoms with Crippen LogP contribution in [0.15, 0.2) is 12.2 Å². The number of carbonyl (C=O) groups is 1. The van der Waals surface area contributed by atoms with Gasteiger partial charge in [0.05, 0.1) is 12.5 Å². The Balaban J connectivity index is 1.55. The van der Waals surface area contributed by atoms with Crippen LogP contribution < -0.4 is 0 Å². The van der Waals surface area contributed by atoms with Crippen LogP contribution in [0.1, 0.15) is 78.6 Å². The van der Waals surface area contributed by atoms with Crippen molar-refractivity contribution in [1.82, 2.24) is 0 Å². The lowest BCUT2D eigenvalue weighted by Gasteiger charge is -2.60. The number of carboxylic acid groups (broad SMARTS) is 1. The smallest absolute Gasteiger partial charge is 0.305 e. The van der Waals surface area contributed by atoms with Crippen molar-refractivity contribution in [1.29, 1.82) is 0 Å². The topological polar surface area (TPSA) is 57.5 Å². The Morgan fingerprint density at radius 2 is 1.81 bits per heavy atom. The highest BCUT2D eigenvalue weighted by Crippen LogP contribution is 2.67. The second kappa shape index (κ2) is 6.90. The predicted molar refractivity (Wildman–Crippen MR) is 107 cm³/mol. The number of fused-ring (bicyclic) bond motifs is 5. The van der Waals surface area contributed by atoms with Gasteiger partial charge in [-0.3, -0.25) is 4.79 Å². The maximum Gasteiger partial charge on any atom is 0.305 e. The zero-order valence-corrected chi connectivity index (χ0v) is 17.4. The van der Waals surface area contributed by atoms with Crippen LogP contribution >= 0.6 is 0 Å². The van der Waals surface area contributed by atoms with Crippen LogP contribution in [0.3, 0.4) is 0 Å². The van der Waals surface area contributed by atoms with E-state index >= 15 is 0 Å². The van der Waals surface area contributed by atoms with Gasteiger partial charge in [0.2, 0.25) is 0 Å². The minimum absolute atomic E-state index is 0.0807. The molecular weight excluding hydrogens is 336 g/mol. The molecule has 27 heavy (non-hydrogen) atoms. The molecular formula is C24H38O3. The number of aliphatic hydroxyl groups excluding tert-OH is 1.